The molecule has 0 aromatic rings. The summed E-state index contributed by atoms with van der Waals surface area (Å²) in [6.07, 6.45) is 2.73. The number of amides is 11. The van der Waals surface area contributed by atoms with Crippen molar-refractivity contribution in [1.82, 2.24) is 55.6 Å². The molecule has 1 aliphatic heterocycles. The number of nitrogens with one attached hydrogen (secondary N) is 4. The van der Waals surface area contributed by atoms with Gasteiger partial charge in [0.1, 0.15) is 60.4 Å². The molecule has 11 amide bonds. The zero-order chi connectivity index (χ0) is 67.6. The van der Waals surface area contributed by atoms with E-state index in [1.165, 1.54) is 89.9 Å². The number of allylic oxidation sites excluding steroid dienone is 2. The van der Waals surface area contributed by atoms with E-state index >= 15 is 9.59 Å². The second kappa shape index (κ2) is 35.1. The highest BCUT2D eigenvalue weighted by Crippen LogP contribution is 2.26. The molecule has 1 heterocycles. The fourth-order valence-corrected chi connectivity index (χ4v) is 10.7. The minimum atomic E-state index is -1.63. The lowest BCUT2D eigenvalue weighted by atomic mass is 9.91. The van der Waals surface area contributed by atoms with E-state index in [0.29, 0.717) is 6.42 Å². The van der Waals surface area contributed by atoms with Gasteiger partial charge in [0.25, 0.3) is 0 Å². The lowest BCUT2D eigenvalue weighted by Crippen LogP contribution is -2.63. The van der Waals surface area contributed by atoms with E-state index in [9.17, 15) is 48.3 Å². The van der Waals surface area contributed by atoms with Crippen molar-refractivity contribution in [2.75, 3.05) is 63.0 Å². The Hall–Kier alpha value is -6.17. The molecule has 1 fully saturated rings. The summed E-state index contributed by atoms with van der Waals surface area (Å²) in [5, 5.41) is 23.1. The lowest BCUT2D eigenvalue weighted by Gasteiger charge is -2.41. The van der Waals surface area contributed by atoms with E-state index in [1.54, 1.807) is 74.5 Å². The van der Waals surface area contributed by atoms with Crippen LogP contribution in [-0.4, -0.2) is 239 Å². The van der Waals surface area contributed by atoms with Gasteiger partial charge in [0.05, 0.1) is 18.2 Å². The molecule has 1 rings (SSSR count). The average molecular weight is 1230 g/mol. The fourth-order valence-electron chi connectivity index (χ4n) is 10.7. The minimum absolute atomic E-state index is 0.00370. The summed E-state index contributed by atoms with van der Waals surface area (Å²) in [7, 11) is 11.3. The average Bonchev–Trinajstić information content (AvgIpc) is 1.91. The molecule has 12 atom stereocenters. The topological polar surface area (TPSA) is 288 Å². The first kappa shape index (κ1) is 78.8. The molecular weight excluding hydrogens is 1120 g/mol. The predicted octanol–water partition coefficient (Wildman–Crippen LogP) is 3.04. The number of hydrogen-bond donors (Lipinski definition) is 5. The molecule has 498 valence electrons. The smallest absolute Gasteiger partial charge is 0.246 e. The third-order valence-electron chi connectivity index (χ3n) is 16.6. The van der Waals surface area contributed by atoms with E-state index in [0.717, 1.165) is 14.7 Å². The third kappa shape index (κ3) is 22.1. The standard InChI is InChI=1S/C63H113N11O13/c1-26-28-29-40(13)52(76)51-56(80)66-43(27-2)58(82)68(18)34-48(75)69(19)47(33-63(16,17)87-25)55(79)67-49(38(9)10)61(85)70(20)44(30-35(3)4)54(78)64-41(14)53(77)65-42(15)57(81)71(21)45(31-36(5)6)59(83)72(22)46(32-37(7)8)60(84)73(23)50(39(11)12)62(86)74(51)24/h26,28,35-47,49-52,76H,27,29-34H2,1-25H3,(H,64,78)(H,65,77)(H,66,80)(H,67,79)/t40-,41+,42-,43+,44+,45+,46+,47+,49+,50+,51+,52-/m1/s1. The number of nitrogens with zero attached hydrogens (tertiary/aromatic N) is 7. The van der Waals surface area contributed by atoms with Crippen molar-refractivity contribution < 1.29 is 62.6 Å². The monoisotopic (exact) mass is 1230 g/mol. The van der Waals surface area contributed by atoms with Gasteiger partial charge in [-0.25, -0.2) is 0 Å². The van der Waals surface area contributed by atoms with Gasteiger partial charge < -0.3 is 65.4 Å². The number of aliphatic hydroxyl groups excluding tert-OH is 1. The fraction of sp³-hybridized carbons (Fsp3) is 0.794. The van der Waals surface area contributed by atoms with Crippen molar-refractivity contribution >= 4 is 65.0 Å². The van der Waals surface area contributed by atoms with Crippen LogP contribution in [0.1, 0.15) is 156 Å². The molecule has 87 heavy (non-hydrogen) atoms. The summed E-state index contributed by atoms with van der Waals surface area (Å²) >= 11 is 0. The highest BCUT2D eigenvalue weighted by atomic mass is 16.5. The lowest BCUT2D eigenvalue weighted by molar-refractivity contribution is -0.157. The maximum atomic E-state index is 15.2. The van der Waals surface area contributed by atoms with Crippen LogP contribution >= 0.6 is 0 Å². The summed E-state index contributed by atoms with van der Waals surface area (Å²) in [6, 6.07) is -12.7. The Balaban J connectivity index is 4.37. The first-order valence-electron chi connectivity index (χ1n) is 31.0. The molecule has 0 saturated carbocycles. The van der Waals surface area contributed by atoms with Crippen molar-refractivity contribution in [2.24, 2.45) is 35.5 Å². The van der Waals surface area contributed by atoms with E-state index < -0.39 is 161 Å². The van der Waals surface area contributed by atoms with Crippen molar-refractivity contribution in [3.8, 4) is 0 Å². The molecule has 24 heteroatoms. The second-order valence-electron chi connectivity index (χ2n) is 26.6. The van der Waals surface area contributed by atoms with Gasteiger partial charge in [-0.3, -0.25) is 52.7 Å². The molecule has 0 aromatic heterocycles. The minimum Gasteiger partial charge on any atom is -0.390 e. The van der Waals surface area contributed by atoms with Gasteiger partial charge >= 0.3 is 0 Å². The molecule has 5 N–H and O–H groups in total. The number of aliphatic hydroxyl groups is 1. The number of ether oxygens (including phenoxy) is 1. The van der Waals surface area contributed by atoms with Crippen LogP contribution in [0.25, 0.3) is 0 Å². The molecule has 24 nitrogen and oxygen atoms in total. The van der Waals surface area contributed by atoms with Gasteiger partial charge in [-0.05, 0) is 102 Å². The van der Waals surface area contributed by atoms with Gasteiger partial charge in [0, 0.05) is 62.9 Å². The molecule has 0 aliphatic carbocycles. The molecular formula is C63H113N11O13. The van der Waals surface area contributed by atoms with Crippen LogP contribution in [0.5, 0.6) is 0 Å². The van der Waals surface area contributed by atoms with Crippen LogP contribution in [0.15, 0.2) is 12.2 Å². The number of carbonyl (C=O) groups excluding carboxylic acids is 11. The van der Waals surface area contributed by atoms with E-state index in [2.05, 4.69) is 21.3 Å². The second-order valence-corrected chi connectivity index (χ2v) is 26.6. The number of likely N-dealkylation sites (N-methyl/N-ethyl adjacent to an activating group) is 7. The van der Waals surface area contributed by atoms with Gasteiger partial charge in [-0.2, -0.15) is 0 Å². The molecule has 0 radical (unpaired) electrons. The summed E-state index contributed by atoms with van der Waals surface area (Å²) in [6.45, 7) is 28.9. The molecule has 1 aliphatic rings. The molecule has 0 aromatic carbocycles. The highest BCUT2D eigenvalue weighted by Gasteiger charge is 2.46. The third-order valence-corrected chi connectivity index (χ3v) is 16.6. The number of rotatable bonds is 16. The summed E-state index contributed by atoms with van der Waals surface area (Å²) in [5.74, 6) is -9.92. The molecule has 1 saturated heterocycles. The van der Waals surface area contributed by atoms with Crippen LogP contribution in [-0.2, 0) is 57.5 Å². The van der Waals surface area contributed by atoms with E-state index in [-0.39, 0.29) is 49.9 Å². The van der Waals surface area contributed by atoms with Gasteiger partial charge in [-0.15, -0.1) is 0 Å². The van der Waals surface area contributed by atoms with Crippen LogP contribution in [0.4, 0.5) is 0 Å². The van der Waals surface area contributed by atoms with Crippen molar-refractivity contribution in [3.63, 3.8) is 0 Å². The molecule has 0 unspecified atom stereocenters. The quantitative estimate of drug-likeness (QED) is 0.139. The summed E-state index contributed by atoms with van der Waals surface area (Å²) < 4.78 is 5.71. The summed E-state index contributed by atoms with van der Waals surface area (Å²) in [5.41, 5.74) is -1.01. The van der Waals surface area contributed by atoms with Crippen molar-refractivity contribution in [3.05, 3.63) is 12.2 Å². The van der Waals surface area contributed by atoms with Crippen molar-refractivity contribution in [1.29, 1.82) is 0 Å². The Morgan fingerprint density at radius 2 is 0.977 bits per heavy atom. The van der Waals surface area contributed by atoms with Gasteiger partial charge in [-0.1, -0.05) is 95.2 Å². The van der Waals surface area contributed by atoms with Gasteiger partial charge in [0.2, 0.25) is 65.0 Å². The number of carbonyl (C=O) groups is 11. The Labute approximate surface area is 520 Å². The maximum absolute atomic E-state index is 15.2. The van der Waals surface area contributed by atoms with Crippen LogP contribution < -0.4 is 21.3 Å². The number of methoxy groups -OCH3 is 1. The Morgan fingerprint density at radius 1 is 0.529 bits per heavy atom. The van der Waals surface area contributed by atoms with E-state index in [4.69, 9.17) is 4.74 Å². The van der Waals surface area contributed by atoms with E-state index in [1.807, 2.05) is 41.5 Å². The van der Waals surface area contributed by atoms with Gasteiger partial charge in [0.15, 0.2) is 0 Å². The largest absolute Gasteiger partial charge is 0.390 e. The van der Waals surface area contributed by atoms with Crippen LogP contribution in [0.3, 0.4) is 0 Å². The highest BCUT2D eigenvalue weighted by molar-refractivity contribution is 5.99. The normalized spacial score (nSPS) is 26.7. The van der Waals surface area contributed by atoms with Crippen LogP contribution in [0, 0.1) is 35.5 Å². The maximum Gasteiger partial charge on any atom is 0.246 e. The zero-order valence-electron chi connectivity index (χ0n) is 57.4. The number of hydrogen-bond acceptors (Lipinski definition) is 13. The predicted molar refractivity (Wildman–Crippen MR) is 335 cm³/mol. The zero-order valence-corrected chi connectivity index (χ0v) is 57.4. The summed E-state index contributed by atoms with van der Waals surface area (Å²) in [4.78, 5) is 169. The SMILES string of the molecule is CC=CC[C@@H](C)[C@@H](O)[C@H]1C(=O)N[C@@H](CC)C(=O)N(C)CC(=O)N(C)[C@@H](CC(C)(C)OC)C(=O)N[C@@H](C(C)C)C(=O)N(C)[C@@H](CC(C)C)C(=O)N[C@@H](C)C(=O)N[C@H](C)C(=O)N(C)[C@@H](CC(C)C)C(=O)N(C)[C@@H](CC(C)C)C(=O)N(C)[C@@H](C(C)C)C(=O)N1C. The Kier molecular flexibility index (Phi) is 31.8. The first-order valence-corrected chi connectivity index (χ1v) is 31.0. The van der Waals surface area contributed by atoms with Crippen molar-refractivity contribution in [2.45, 2.75) is 228 Å². The Bertz CT molecular complexity index is 2400. The van der Waals surface area contributed by atoms with Crippen LogP contribution in [0.2, 0.25) is 0 Å². The molecule has 0 spiro atoms. The Morgan fingerprint density at radius 3 is 1.44 bits per heavy atom. The first-order chi connectivity index (χ1) is 40.1. The molecule has 0 bridgehead atoms.